The van der Waals surface area contributed by atoms with Gasteiger partial charge in [-0.2, -0.15) is 0 Å². The molecule has 0 saturated carbocycles. The zero-order valence-electron chi connectivity index (χ0n) is 10.7. The summed E-state index contributed by atoms with van der Waals surface area (Å²) in [5.41, 5.74) is 6.67. The second kappa shape index (κ2) is 6.50. The fourth-order valence-electron chi connectivity index (χ4n) is 2.42. The summed E-state index contributed by atoms with van der Waals surface area (Å²) >= 11 is 0. The van der Waals surface area contributed by atoms with Crippen molar-refractivity contribution in [3.63, 3.8) is 0 Å². The summed E-state index contributed by atoms with van der Waals surface area (Å²) in [6.07, 6.45) is 5.28. The molecular weight excluding hydrogens is 226 g/mol. The number of aromatic nitrogens is 1. The van der Waals surface area contributed by atoms with Crippen LogP contribution in [-0.2, 0) is 11.2 Å². The van der Waals surface area contributed by atoms with Gasteiger partial charge in [0.2, 0.25) is 5.91 Å². The first kappa shape index (κ1) is 13.0. The van der Waals surface area contributed by atoms with E-state index in [-0.39, 0.29) is 5.91 Å². The maximum Gasteiger partial charge on any atom is 0.222 e. The molecule has 0 bridgehead atoms. The average molecular weight is 247 g/mol. The van der Waals surface area contributed by atoms with Gasteiger partial charge in [-0.15, -0.1) is 0 Å². The van der Waals surface area contributed by atoms with E-state index in [2.05, 4.69) is 4.98 Å². The lowest BCUT2D eigenvalue weighted by Crippen LogP contribution is -2.42. The second-order valence-electron chi connectivity index (χ2n) is 4.90. The third kappa shape index (κ3) is 3.53. The summed E-state index contributed by atoms with van der Waals surface area (Å²) in [4.78, 5) is 18.3. The molecule has 1 aliphatic rings. The number of amides is 1. The summed E-state index contributed by atoms with van der Waals surface area (Å²) < 4.78 is 0. The number of hydrogen-bond acceptors (Lipinski definition) is 3. The van der Waals surface area contributed by atoms with Crippen molar-refractivity contribution >= 4 is 5.91 Å². The van der Waals surface area contributed by atoms with Gasteiger partial charge in [0.05, 0.1) is 0 Å². The van der Waals surface area contributed by atoms with E-state index in [1.54, 1.807) is 6.20 Å². The van der Waals surface area contributed by atoms with Crippen LogP contribution in [0, 0.1) is 5.92 Å². The van der Waals surface area contributed by atoms with Gasteiger partial charge in [-0.05, 0) is 43.9 Å². The number of carbonyl (C=O) groups is 1. The first-order valence-electron chi connectivity index (χ1n) is 6.67. The fraction of sp³-hybridized carbons (Fsp3) is 0.571. The smallest absolute Gasteiger partial charge is 0.222 e. The fourth-order valence-corrected chi connectivity index (χ4v) is 2.42. The maximum absolute atomic E-state index is 12.1. The Balaban J connectivity index is 1.81. The number of pyridine rings is 1. The van der Waals surface area contributed by atoms with Gasteiger partial charge in [-0.25, -0.2) is 0 Å². The van der Waals surface area contributed by atoms with E-state index in [0.717, 1.165) is 38.0 Å². The monoisotopic (exact) mass is 247 g/mol. The number of likely N-dealkylation sites (tertiary alicyclic amines) is 1. The number of nitrogens with zero attached hydrogens (tertiary/aromatic N) is 2. The van der Waals surface area contributed by atoms with Crippen LogP contribution in [-0.4, -0.2) is 35.4 Å². The normalized spacial score (nSPS) is 19.8. The third-order valence-electron chi connectivity index (χ3n) is 3.53. The lowest BCUT2D eigenvalue weighted by atomic mass is 9.98. The van der Waals surface area contributed by atoms with E-state index < -0.39 is 0 Å². The number of rotatable bonds is 4. The Bertz CT molecular complexity index is 380. The van der Waals surface area contributed by atoms with E-state index in [9.17, 15) is 4.79 Å². The van der Waals surface area contributed by atoms with Crippen molar-refractivity contribution in [2.24, 2.45) is 11.7 Å². The van der Waals surface area contributed by atoms with Gasteiger partial charge in [0.15, 0.2) is 0 Å². The molecule has 0 aliphatic carbocycles. The predicted octanol–water partition coefficient (Wildman–Crippen LogP) is 1.21. The minimum absolute atomic E-state index is 0.235. The van der Waals surface area contributed by atoms with Crippen LogP contribution in [0.3, 0.4) is 0 Å². The molecule has 2 N–H and O–H groups in total. The first-order valence-corrected chi connectivity index (χ1v) is 6.67. The van der Waals surface area contributed by atoms with Crippen molar-refractivity contribution in [3.8, 4) is 0 Å². The summed E-state index contributed by atoms with van der Waals surface area (Å²) in [5, 5.41) is 0. The van der Waals surface area contributed by atoms with E-state index in [0.29, 0.717) is 18.9 Å². The summed E-state index contributed by atoms with van der Waals surface area (Å²) in [7, 11) is 0. The van der Waals surface area contributed by atoms with Crippen LogP contribution in [0.2, 0.25) is 0 Å². The number of piperidine rings is 1. The molecule has 1 aromatic heterocycles. The van der Waals surface area contributed by atoms with Crippen LogP contribution >= 0.6 is 0 Å². The molecule has 1 unspecified atom stereocenters. The minimum Gasteiger partial charge on any atom is -0.342 e. The molecule has 0 spiro atoms. The van der Waals surface area contributed by atoms with E-state index in [1.165, 1.54) is 0 Å². The SMILES string of the molecule is NCC1CCCN(C(=O)CCc2ccccn2)C1. The summed E-state index contributed by atoms with van der Waals surface area (Å²) in [5.74, 6) is 0.719. The Morgan fingerprint density at radius 2 is 2.39 bits per heavy atom. The highest BCUT2D eigenvalue weighted by Gasteiger charge is 2.22. The Kier molecular flexibility index (Phi) is 4.70. The number of aryl methyl sites for hydroxylation is 1. The van der Waals surface area contributed by atoms with Crippen LogP contribution in [0.5, 0.6) is 0 Å². The van der Waals surface area contributed by atoms with Crippen LogP contribution in [0.1, 0.15) is 25.0 Å². The largest absolute Gasteiger partial charge is 0.342 e. The zero-order chi connectivity index (χ0) is 12.8. The minimum atomic E-state index is 0.235. The molecule has 1 fully saturated rings. The molecular formula is C14H21N3O. The summed E-state index contributed by atoms with van der Waals surface area (Å²) in [6, 6.07) is 5.81. The van der Waals surface area contributed by atoms with Crippen LogP contribution in [0.15, 0.2) is 24.4 Å². The van der Waals surface area contributed by atoms with Crippen molar-refractivity contribution in [1.82, 2.24) is 9.88 Å². The number of carbonyl (C=O) groups excluding carboxylic acids is 1. The van der Waals surface area contributed by atoms with Crippen LogP contribution in [0.4, 0.5) is 0 Å². The van der Waals surface area contributed by atoms with Gasteiger partial charge in [0, 0.05) is 31.4 Å². The second-order valence-corrected chi connectivity index (χ2v) is 4.90. The van der Waals surface area contributed by atoms with Gasteiger partial charge >= 0.3 is 0 Å². The van der Waals surface area contributed by atoms with Gasteiger partial charge in [0.1, 0.15) is 0 Å². The van der Waals surface area contributed by atoms with E-state index in [1.807, 2.05) is 23.1 Å². The van der Waals surface area contributed by atoms with Crippen molar-refractivity contribution in [2.45, 2.75) is 25.7 Å². The molecule has 1 aliphatic heterocycles. The first-order chi connectivity index (χ1) is 8.79. The molecule has 1 atom stereocenters. The van der Waals surface area contributed by atoms with E-state index >= 15 is 0 Å². The molecule has 0 aromatic carbocycles. The Labute approximate surface area is 108 Å². The highest BCUT2D eigenvalue weighted by atomic mass is 16.2. The number of nitrogens with two attached hydrogens (primary N) is 1. The van der Waals surface area contributed by atoms with E-state index in [4.69, 9.17) is 5.73 Å². The molecule has 1 saturated heterocycles. The highest BCUT2D eigenvalue weighted by molar-refractivity contribution is 5.76. The molecule has 2 heterocycles. The molecule has 1 aromatic rings. The molecule has 0 radical (unpaired) electrons. The van der Waals surface area contributed by atoms with Gasteiger partial charge < -0.3 is 10.6 Å². The van der Waals surface area contributed by atoms with Gasteiger partial charge in [-0.3, -0.25) is 9.78 Å². The lowest BCUT2D eigenvalue weighted by molar-refractivity contribution is -0.132. The third-order valence-corrected chi connectivity index (χ3v) is 3.53. The molecule has 1 amide bonds. The predicted molar refractivity (Wildman–Crippen MR) is 70.9 cm³/mol. The molecule has 18 heavy (non-hydrogen) atoms. The van der Waals surface area contributed by atoms with Crippen molar-refractivity contribution < 1.29 is 4.79 Å². The molecule has 4 nitrogen and oxygen atoms in total. The maximum atomic E-state index is 12.1. The van der Waals surface area contributed by atoms with Gasteiger partial charge in [0.25, 0.3) is 0 Å². The summed E-state index contributed by atoms with van der Waals surface area (Å²) in [6.45, 7) is 2.40. The van der Waals surface area contributed by atoms with Gasteiger partial charge in [-0.1, -0.05) is 6.07 Å². The lowest BCUT2D eigenvalue weighted by Gasteiger charge is -2.32. The average Bonchev–Trinajstić information content (AvgIpc) is 2.46. The van der Waals surface area contributed by atoms with Crippen molar-refractivity contribution in [2.75, 3.05) is 19.6 Å². The standard InChI is InChI=1S/C14H21N3O/c15-10-12-4-3-9-17(11-12)14(18)7-6-13-5-1-2-8-16-13/h1-2,5,8,12H,3-4,6-7,9-11,15H2. The Morgan fingerprint density at radius 3 is 3.11 bits per heavy atom. The highest BCUT2D eigenvalue weighted by Crippen LogP contribution is 2.16. The quantitative estimate of drug-likeness (QED) is 0.870. The number of hydrogen-bond donors (Lipinski definition) is 1. The van der Waals surface area contributed by atoms with Crippen molar-refractivity contribution in [1.29, 1.82) is 0 Å². The molecule has 4 heteroatoms. The zero-order valence-corrected chi connectivity index (χ0v) is 10.7. The van der Waals surface area contributed by atoms with Crippen molar-refractivity contribution in [3.05, 3.63) is 30.1 Å². The Morgan fingerprint density at radius 1 is 1.50 bits per heavy atom. The topological polar surface area (TPSA) is 59.2 Å². The molecule has 98 valence electrons. The molecule has 2 rings (SSSR count). The van der Waals surface area contributed by atoms with Crippen LogP contribution in [0.25, 0.3) is 0 Å². The van der Waals surface area contributed by atoms with Crippen LogP contribution < -0.4 is 5.73 Å². The Hall–Kier alpha value is -1.42.